The quantitative estimate of drug-likeness (QED) is 0.149. The van der Waals surface area contributed by atoms with E-state index in [0.717, 1.165) is 5.56 Å². The van der Waals surface area contributed by atoms with E-state index in [2.05, 4.69) is 11.9 Å². The Kier molecular flexibility index (Phi) is 9.84. The van der Waals surface area contributed by atoms with Gasteiger partial charge in [-0.2, -0.15) is 0 Å². The SMILES string of the molecule is C=C(C)C(=O)N(CCOc1ccc(C[C@H](Nc2ccccc2C(=O)c2ccccc2)C(=O)O)cc1)c1cccc(F)c1. The number of ketones is 1. The molecule has 0 aromatic heterocycles. The van der Waals surface area contributed by atoms with E-state index in [1.807, 2.05) is 6.07 Å². The second-order valence-electron chi connectivity index (χ2n) is 9.69. The number of nitrogens with one attached hydrogen (secondary N) is 1. The molecule has 0 heterocycles. The Morgan fingerprint density at radius 1 is 0.929 bits per heavy atom. The molecule has 4 aromatic rings. The molecule has 0 spiro atoms. The molecule has 0 bridgehead atoms. The number of carbonyl (C=O) groups is 3. The van der Waals surface area contributed by atoms with Crippen molar-refractivity contribution in [1.29, 1.82) is 0 Å². The monoisotopic (exact) mass is 566 g/mol. The highest BCUT2D eigenvalue weighted by molar-refractivity contribution is 6.12. The number of rotatable bonds is 13. The van der Waals surface area contributed by atoms with Gasteiger partial charge >= 0.3 is 5.97 Å². The lowest BCUT2D eigenvalue weighted by Gasteiger charge is -2.23. The Morgan fingerprint density at radius 2 is 1.62 bits per heavy atom. The van der Waals surface area contributed by atoms with Crippen LogP contribution in [0.3, 0.4) is 0 Å². The molecule has 8 heteroatoms. The van der Waals surface area contributed by atoms with E-state index >= 15 is 0 Å². The van der Waals surface area contributed by atoms with Crippen LogP contribution in [-0.4, -0.2) is 42.0 Å². The van der Waals surface area contributed by atoms with Crippen LogP contribution in [0.4, 0.5) is 15.8 Å². The van der Waals surface area contributed by atoms with E-state index in [9.17, 15) is 23.9 Å². The predicted molar refractivity (Wildman–Crippen MR) is 161 cm³/mol. The molecule has 0 aliphatic rings. The summed E-state index contributed by atoms with van der Waals surface area (Å²) in [4.78, 5) is 39.2. The van der Waals surface area contributed by atoms with Gasteiger partial charge in [0.05, 0.1) is 6.54 Å². The zero-order chi connectivity index (χ0) is 30.1. The lowest BCUT2D eigenvalue weighted by molar-refractivity contribution is -0.137. The molecule has 4 rings (SSSR count). The minimum atomic E-state index is -1.06. The Balaban J connectivity index is 1.40. The highest BCUT2D eigenvalue weighted by atomic mass is 19.1. The Labute approximate surface area is 243 Å². The summed E-state index contributed by atoms with van der Waals surface area (Å²) in [6, 6.07) is 27.4. The molecule has 0 fully saturated rings. The summed E-state index contributed by atoms with van der Waals surface area (Å²) >= 11 is 0. The lowest BCUT2D eigenvalue weighted by Crippen LogP contribution is -2.35. The molecule has 7 nitrogen and oxygen atoms in total. The van der Waals surface area contributed by atoms with Crippen molar-refractivity contribution >= 4 is 29.0 Å². The molecule has 214 valence electrons. The van der Waals surface area contributed by atoms with E-state index in [4.69, 9.17) is 4.74 Å². The van der Waals surface area contributed by atoms with Crippen LogP contribution >= 0.6 is 0 Å². The fourth-order valence-electron chi connectivity index (χ4n) is 4.37. The minimum Gasteiger partial charge on any atom is -0.492 e. The standard InChI is InChI=1S/C34H31FN2O5/c1-23(2)33(39)37(27-12-8-11-26(35)22-27)19-20-42-28-17-15-24(16-18-28)21-31(34(40)41)36-30-14-7-6-13-29(30)32(38)25-9-4-3-5-10-25/h3-18,22,31,36H,1,19-21H2,2H3,(H,40,41)/t31-/m0/s1. The summed E-state index contributed by atoms with van der Waals surface area (Å²) in [5.74, 6) is -1.52. The number of hydrogen-bond donors (Lipinski definition) is 2. The molecule has 0 aliphatic heterocycles. The maximum atomic E-state index is 13.8. The fourth-order valence-corrected chi connectivity index (χ4v) is 4.37. The zero-order valence-corrected chi connectivity index (χ0v) is 23.1. The third-order valence-electron chi connectivity index (χ3n) is 6.51. The fraction of sp³-hybridized carbons (Fsp3) is 0.147. The predicted octanol–water partition coefficient (Wildman–Crippen LogP) is 6.15. The summed E-state index contributed by atoms with van der Waals surface area (Å²) in [5.41, 5.74) is 2.80. The summed E-state index contributed by atoms with van der Waals surface area (Å²) in [6.45, 7) is 5.60. The van der Waals surface area contributed by atoms with Gasteiger partial charge in [-0.25, -0.2) is 9.18 Å². The average molecular weight is 567 g/mol. The van der Waals surface area contributed by atoms with Crippen molar-refractivity contribution in [3.63, 3.8) is 0 Å². The molecule has 2 N–H and O–H groups in total. The van der Waals surface area contributed by atoms with Crippen molar-refractivity contribution in [1.82, 2.24) is 0 Å². The summed E-state index contributed by atoms with van der Waals surface area (Å²) in [6.07, 6.45) is 0.157. The van der Waals surface area contributed by atoms with Crippen molar-refractivity contribution in [3.05, 3.63) is 138 Å². The Morgan fingerprint density at radius 3 is 2.29 bits per heavy atom. The molecule has 0 radical (unpaired) electrons. The number of carboxylic acids is 1. The second kappa shape index (κ2) is 13.9. The van der Waals surface area contributed by atoms with Gasteiger partial charge in [0, 0.05) is 34.5 Å². The first-order valence-electron chi connectivity index (χ1n) is 13.4. The third kappa shape index (κ3) is 7.69. The van der Waals surface area contributed by atoms with Crippen LogP contribution in [0.2, 0.25) is 0 Å². The summed E-state index contributed by atoms with van der Waals surface area (Å²) in [5, 5.41) is 12.9. The molecule has 42 heavy (non-hydrogen) atoms. The van der Waals surface area contributed by atoms with Gasteiger partial charge in [0.1, 0.15) is 24.2 Å². The number of halogens is 1. The van der Waals surface area contributed by atoms with E-state index in [-0.39, 0.29) is 31.3 Å². The first-order valence-corrected chi connectivity index (χ1v) is 13.4. The van der Waals surface area contributed by atoms with Crippen LogP contribution in [0, 0.1) is 5.82 Å². The number of aliphatic carboxylic acids is 1. The van der Waals surface area contributed by atoms with Crippen LogP contribution in [0.1, 0.15) is 28.4 Å². The van der Waals surface area contributed by atoms with Crippen LogP contribution in [0.5, 0.6) is 5.75 Å². The number of amides is 1. The van der Waals surface area contributed by atoms with E-state index < -0.39 is 17.8 Å². The first-order chi connectivity index (χ1) is 20.2. The topological polar surface area (TPSA) is 95.9 Å². The number of ether oxygens (including phenoxy) is 1. The highest BCUT2D eigenvalue weighted by Gasteiger charge is 2.22. The van der Waals surface area contributed by atoms with E-state index in [0.29, 0.717) is 33.8 Å². The molecule has 0 aliphatic carbocycles. The molecular formula is C34H31FN2O5. The molecule has 1 atom stereocenters. The van der Waals surface area contributed by atoms with Gasteiger partial charge in [0.2, 0.25) is 0 Å². The van der Waals surface area contributed by atoms with Crippen LogP contribution < -0.4 is 15.0 Å². The maximum Gasteiger partial charge on any atom is 0.326 e. The van der Waals surface area contributed by atoms with Gasteiger partial charge in [-0.05, 0) is 55.0 Å². The zero-order valence-electron chi connectivity index (χ0n) is 23.1. The lowest BCUT2D eigenvalue weighted by atomic mass is 10.00. The van der Waals surface area contributed by atoms with Crippen molar-refractivity contribution in [3.8, 4) is 5.75 Å². The number of hydrogen-bond acceptors (Lipinski definition) is 5. The largest absolute Gasteiger partial charge is 0.492 e. The summed E-state index contributed by atoms with van der Waals surface area (Å²) in [7, 11) is 0. The molecule has 0 saturated heterocycles. The number of para-hydroxylation sites is 1. The smallest absolute Gasteiger partial charge is 0.326 e. The Bertz CT molecular complexity index is 1570. The highest BCUT2D eigenvalue weighted by Crippen LogP contribution is 2.22. The number of carbonyl (C=O) groups excluding carboxylic acids is 2. The molecule has 0 unspecified atom stereocenters. The third-order valence-corrected chi connectivity index (χ3v) is 6.51. The minimum absolute atomic E-state index is 0.139. The Hall–Kier alpha value is -5.24. The number of benzene rings is 4. The van der Waals surface area contributed by atoms with Gasteiger partial charge in [0.15, 0.2) is 5.78 Å². The number of carboxylic acid groups (broad SMARTS) is 1. The van der Waals surface area contributed by atoms with Crippen molar-refractivity contribution < 1.29 is 28.6 Å². The van der Waals surface area contributed by atoms with Crippen molar-refractivity contribution in [2.45, 2.75) is 19.4 Å². The molecular weight excluding hydrogens is 535 g/mol. The van der Waals surface area contributed by atoms with Gasteiger partial charge in [-0.15, -0.1) is 0 Å². The van der Waals surface area contributed by atoms with Gasteiger partial charge < -0.3 is 20.1 Å². The van der Waals surface area contributed by atoms with E-state index in [1.165, 1.54) is 23.1 Å². The van der Waals surface area contributed by atoms with Crippen molar-refractivity contribution in [2.24, 2.45) is 0 Å². The number of nitrogens with zero attached hydrogens (tertiary/aromatic N) is 1. The maximum absolute atomic E-state index is 13.8. The van der Waals surface area contributed by atoms with Crippen LogP contribution in [0.15, 0.2) is 115 Å². The summed E-state index contributed by atoms with van der Waals surface area (Å²) < 4.78 is 19.6. The molecule has 0 saturated carbocycles. The van der Waals surface area contributed by atoms with Crippen LogP contribution in [-0.2, 0) is 16.0 Å². The second-order valence-corrected chi connectivity index (χ2v) is 9.69. The van der Waals surface area contributed by atoms with Crippen molar-refractivity contribution in [2.75, 3.05) is 23.4 Å². The van der Waals surface area contributed by atoms with Gasteiger partial charge in [0.25, 0.3) is 5.91 Å². The normalized spacial score (nSPS) is 11.3. The van der Waals surface area contributed by atoms with Crippen LogP contribution in [0.25, 0.3) is 0 Å². The first kappa shape index (κ1) is 29.7. The average Bonchev–Trinajstić information content (AvgIpc) is 2.99. The van der Waals surface area contributed by atoms with Gasteiger partial charge in [-0.1, -0.05) is 67.2 Å². The van der Waals surface area contributed by atoms with E-state index in [1.54, 1.807) is 85.8 Å². The molecule has 4 aromatic carbocycles. The number of anilines is 2. The van der Waals surface area contributed by atoms with Gasteiger partial charge in [-0.3, -0.25) is 9.59 Å². The molecule has 1 amide bonds.